The molecule has 1 aromatic heterocycles. The Balaban J connectivity index is 2.60. The lowest BCUT2D eigenvalue weighted by molar-refractivity contribution is 0.137. The second-order valence-corrected chi connectivity index (χ2v) is 4.66. The number of aliphatic hydroxyl groups is 2. The largest absolute Gasteiger partial charge is 0.396 e. The van der Waals surface area contributed by atoms with Crippen molar-refractivity contribution in [2.24, 2.45) is 0 Å². The Hall–Kier alpha value is 0.1000. The maximum atomic E-state index is 9.36. The molecule has 2 N–H and O–H groups in total. The first-order valence-electron chi connectivity index (χ1n) is 3.28. The Morgan fingerprint density at radius 1 is 1.55 bits per heavy atom. The molecule has 0 saturated heterocycles. The first-order chi connectivity index (χ1) is 5.24. The Labute approximate surface area is 77.6 Å². The van der Waals surface area contributed by atoms with Gasteiger partial charge in [0.1, 0.15) is 0 Å². The second kappa shape index (κ2) is 4.21. The van der Waals surface area contributed by atoms with Crippen LogP contribution in [0.5, 0.6) is 0 Å². The van der Waals surface area contributed by atoms with Crippen molar-refractivity contribution in [1.82, 2.24) is 0 Å². The fraction of sp³-hybridized carbons (Fsp3) is 0.429. The monoisotopic (exact) mass is 236 g/mol. The number of hydrogen-bond donors (Lipinski definition) is 2. The van der Waals surface area contributed by atoms with Crippen LogP contribution >= 0.6 is 27.3 Å². The van der Waals surface area contributed by atoms with E-state index in [1.54, 1.807) is 0 Å². The summed E-state index contributed by atoms with van der Waals surface area (Å²) < 4.78 is 1.00. The molecule has 0 aliphatic carbocycles. The summed E-state index contributed by atoms with van der Waals surface area (Å²) in [5.74, 6) is 0. The summed E-state index contributed by atoms with van der Waals surface area (Å²) in [6.45, 7) is 0.0245. The van der Waals surface area contributed by atoms with E-state index in [2.05, 4.69) is 15.9 Å². The van der Waals surface area contributed by atoms with Crippen LogP contribution in [0.15, 0.2) is 15.9 Å². The van der Waals surface area contributed by atoms with Crippen molar-refractivity contribution in [3.63, 3.8) is 0 Å². The fourth-order valence-corrected chi connectivity index (χ4v) is 2.22. The van der Waals surface area contributed by atoms with Gasteiger partial charge < -0.3 is 10.2 Å². The van der Waals surface area contributed by atoms with Crippen LogP contribution in [0, 0.1) is 0 Å². The summed E-state index contributed by atoms with van der Waals surface area (Å²) in [4.78, 5) is 0.894. The molecule has 0 saturated carbocycles. The molecule has 4 heteroatoms. The van der Waals surface area contributed by atoms with Crippen LogP contribution < -0.4 is 0 Å². The lowest BCUT2D eigenvalue weighted by Gasteiger charge is -2.03. The number of rotatable bonds is 3. The minimum atomic E-state index is -0.517. The van der Waals surface area contributed by atoms with Gasteiger partial charge in [0.15, 0.2) is 0 Å². The second-order valence-electron chi connectivity index (χ2n) is 2.17. The molecule has 0 spiro atoms. The van der Waals surface area contributed by atoms with Crippen LogP contribution in [0.25, 0.3) is 0 Å². The molecule has 11 heavy (non-hydrogen) atoms. The van der Waals surface area contributed by atoms with Crippen molar-refractivity contribution in [2.45, 2.75) is 12.5 Å². The smallest absolute Gasteiger partial charge is 0.0904 e. The molecule has 0 amide bonds. The third kappa shape index (κ3) is 2.56. The highest BCUT2D eigenvalue weighted by atomic mass is 79.9. The van der Waals surface area contributed by atoms with Gasteiger partial charge >= 0.3 is 0 Å². The van der Waals surface area contributed by atoms with E-state index in [1.165, 1.54) is 11.3 Å². The van der Waals surface area contributed by atoms with Gasteiger partial charge in [0, 0.05) is 17.9 Å². The maximum Gasteiger partial charge on any atom is 0.0904 e. The van der Waals surface area contributed by atoms with Gasteiger partial charge in [-0.25, -0.2) is 0 Å². The van der Waals surface area contributed by atoms with Crippen molar-refractivity contribution in [3.05, 3.63) is 20.8 Å². The summed E-state index contributed by atoms with van der Waals surface area (Å²) in [5, 5.41) is 17.9. The van der Waals surface area contributed by atoms with E-state index in [1.807, 2.05) is 12.1 Å². The number of halogens is 1. The molecule has 0 bridgehead atoms. The minimum absolute atomic E-state index is 0.0245. The van der Waals surface area contributed by atoms with Crippen LogP contribution in [-0.2, 0) is 0 Å². The molecule has 0 aliphatic rings. The van der Waals surface area contributed by atoms with Crippen molar-refractivity contribution in [3.8, 4) is 0 Å². The van der Waals surface area contributed by atoms with E-state index in [9.17, 15) is 5.11 Å². The SMILES string of the molecule is OCCC(O)c1ccc(Br)s1. The molecule has 0 fully saturated rings. The highest BCUT2D eigenvalue weighted by molar-refractivity contribution is 9.11. The van der Waals surface area contributed by atoms with Crippen LogP contribution in [0.4, 0.5) is 0 Å². The predicted octanol–water partition coefficient (Wildman–Crippen LogP) is 1.93. The maximum absolute atomic E-state index is 9.36. The average molecular weight is 237 g/mol. The zero-order chi connectivity index (χ0) is 8.27. The lowest BCUT2D eigenvalue weighted by Crippen LogP contribution is -1.96. The lowest BCUT2D eigenvalue weighted by atomic mass is 10.2. The first-order valence-corrected chi connectivity index (χ1v) is 4.89. The third-order valence-electron chi connectivity index (χ3n) is 1.32. The molecule has 1 rings (SSSR count). The molecule has 0 aliphatic heterocycles. The van der Waals surface area contributed by atoms with Gasteiger partial charge in [0.05, 0.1) is 9.89 Å². The molecular weight excluding hydrogens is 228 g/mol. The number of thiophene rings is 1. The summed E-state index contributed by atoms with van der Waals surface area (Å²) in [7, 11) is 0. The zero-order valence-electron chi connectivity index (χ0n) is 5.83. The van der Waals surface area contributed by atoms with Gasteiger partial charge in [-0.15, -0.1) is 11.3 Å². The van der Waals surface area contributed by atoms with Gasteiger partial charge in [-0.05, 0) is 28.1 Å². The summed E-state index contributed by atoms with van der Waals surface area (Å²) in [6, 6.07) is 3.75. The van der Waals surface area contributed by atoms with Gasteiger partial charge in [0.2, 0.25) is 0 Å². The molecule has 1 heterocycles. The molecule has 0 radical (unpaired) electrons. The molecule has 1 aromatic rings. The van der Waals surface area contributed by atoms with Crippen molar-refractivity contribution in [1.29, 1.82) is 0 Å². The molecule has 62 valence electrons. The van der Waals surface area contributed by atoms with E-state index in [4.69, 9.17) is 5.11 Å². The van der Waals surface area contributed by atoms with Gasteiger partial charge in [-0.2, -0.15) is 0 Å². The fourth-order valence-electron chi connectivity index (χ4n) is 0.772. The van der Waals surface area contributed by atoms with E-state index in [0.717, 1.165) is 8.66 Å². The third-order valence-corrected chi connectivity index (χ3v) is 3.05. The molecule has 1 atom stereocenters. The Morgan fingerprint density at radius 3 is 2.73 bits per heavy atom. The van der Waals surface area contributed by atoms with E-state index >= 15 is 0 Å². The van der Waals surface area contributed by atoms with Crippen LogP contribution in [0.1, 0.15) is 17.4 Å². The Kier molecular flexibility index (Phi) is 3.51. The first kappa shape index (κ1) is 9.19. The Morgan fingerprint density at radius 2 is 2.27 bits per heavy atom. The van der Waals surface area contributed by atoms with E-state index in [0.29, 0.717) is 6.42 Å². The highest BCUT2D eigenvalue weighted by Gasteiger charge is 2.08. The molecule has 1 unspecified atom stereocenters. The molecule has 0 aromatic carbocycles. The van der Waals surface area contributed by atoms with Gasteiger partial charge in [-0.3, -0.25) is 0 Å². The Bertz CT molecular complexity index is 224. The average Bonchev–Trinajstić information content (AvgIpc) is 2.36. The van der Waals surface area contributed by atoms with Crippen LogP contribution in [-0.4, -0.2) is 16.8 Å². The van der Waals surface area contributed by atoms with Gasteiger partial charge in [-0.1, -0.05) is 0 Å². The van der Waals surface area contributed by atoms with Crippen LogP contribution in [0.2, 0.25) is 0 Å². The number of aliphatic hydroxyl groups excluding tert-OH is 2. The van der Waals surface area contributed by atoms with E-state index < -0.39 is 6.10 Å². The van der Waals surface area contributed by atoms with Crippen molar-refractivity contribution in [2.75, 3.05) is 6.61 Å². The summed E-state index contributed by atoms with van der Waals surface area (Å²) in [6.07, 6.45) is -0.108. The normalized spacial score (nSPS) is 13.4. The summed E-state index contributed by atoms with van der Waals surface area (Å²) in [5.41, 5.74) is 0. The van der Waals surface area contributed by atoms with Crippen LogP contribution in [0.3, 0.4) is 0 Å². The topological polar surface area (TPSA) is 40.5 Å². The molecular formula is C7H9BrO2S. The predicted molar refractivity (Wildman–Crippen MR) is 48.7 cm³/mol. The standard InChI is InChI=1S/C7H9BrO2S/c8-7-2-1-6(11-7)5(10)3-4-9/h1-2,5,9-10H,3-4H2. The van der Waals surface area contributed by atoms with Crippen molar-refractivity contribution >= 4 is 27.3 Å². The van der Waals surface area contributed by atoms with E-state index in [-0.39, 0.29) is 6.61 Å². The quantitative estimate of drug-likeness (QED) is 0.843. The highest BCUT2D eigenvalue weighted by Crippen LogP contribution is 2.28. The van der Waals surface area contributed by atoms with Crippen molar-refractivity contribution < 1.29 is 10.2 Å². The molecule has 2 nitrogen and oxygen atoms in total. The minimum Gasteiger partial charge on any atom is -0.396 e. The van der Waals surface area contributed by atoms with Gasteiger partial charge in [0.25, 0.3) is 0 Å². The zero-order valence-corrected chi connectivity index (χ0v) is 8.23. The summed E-state index contributed by atoms with van der Waals surface area (Å²) >= 11 is 4.79. The number of hydrogen-bond acceptors (Lipinski definition) is 3.